The predicted molar refractivity (Wildman–Crippen MR) is 101 cm³/mol. The van der Waals surface area contributed by atoms with E-state index in [-0.39, 0.29) is 36.1 Å². The van der Waals surface area contributed by atoms with Crippen LogP contribution in [0.2, 0.25) is 0 Å². The number of rotatable bonds is 4. The fourth-order valence-electron chi connectivity index (χ4n) is 3.84. The van der Waals surface area contributed by atoms with E-state index in [0.717, 1.165) is 15.7 Å². The maximum Gasteiger partial charge on any atom is 0.306 e. The molecule has 0 spiro atoms. The first-order valence-electron chi connectivity index (χ1n) is 8.95. The number of amides is 2. The molecule has 7 heteroatoms. The summed E-state index contributed by atoms with van der Waals surface area (Å²) < 4.78 is 0.955. The van der Waals surface area contributed by atoms with Crippen LogP contribution in [-0.4, -0.2) is 35.5 Å². The van der Waals surface area contributed by atoms with Gasteiger partial charge in [-0.15, -0.1) is 0 Å². The third-order valence-corrected chi connectivity index (χ3v) is 5.86. The van der Waals surface area contributed by atoms with Gasteiger partial charge in [-0.25, -0.2) is 0 Å². The number of hydrogen-bond donors (Lipinski definition) is 2. The van der Waals surface area contributed by atoms with Crippen LogP contribution in [0.1, 0.15) is 37.7 Å². The molecule has 1 aromatic carbocycles. The lowest BCUT2D eigenvalue weighted by atomic mass is 9.86. The van der Waals surface area contributed by atoms with Crippen molar-refractivity contribution in [1.29, 1.82) is 0 Å². The Morgan fingerprint density at radius 1 is 1.19 bits per heavy atom. The zero-order valence-electron chi connectivity index (χ0n) is 14.7. The van der Waals surface area contributed by atoms with Gasteiger partial charge in [0.15, 0.2) is 0 Å². The molecule has 1 aliphatic heterocycles. The van der Waals surface area contributed by atoms with E-state index >= 15 is 0 Å². The van der Waals surface area contributed by atoms with E-state index in [1.54, 1.807) is 4.90 Å². The summed E-state index contributed by atoms with van der Waals surface area (Å²) in [5.74, 6) is -1.55. The van der Waals surface area contributed by atoms with Crippen molar-refractivity contribution in [2.45, 2.75) is 45.1 Å². The fourth-order valence-corrected chi connectivity index (χ4v) is 4.32. The molecule has 1 aromatic rings. The Hall–Kier alpha value is -1.89. The number of aryl methyl sites for hydroxylation is 1. The highest BCUT2D eigenvalue weighted by molar-refractivity contribution is 9.10. The van der Waals surface area contributed by atoms with Crippen LogP contribution in [0.5, 0.6) is 0 Å². The van der Waals surface area contributed by atoms with E-state index in [0.29, 0.717) is 32.2 Å². The lowest BCUT2D eigenvalue weighted by Gasteiger charge is -2.27. The highest BCUT2D eigenvalue weighted by Crippen LogP contribution is 2.30. The zero-order valence-corrected chi connectivity index (χ0v) is 16.3. The van der Waals surface area contributed by atoms with Crippen LogP contribution in [0.15, 0.2) is 22.7 Å². The molecule has 3 rings (SSSR count). The average Bonchev–Trinajstić information content (AvgIpc) is 2.97. The molecular formula is C19H23BrN2O4. The molecule has 0 aromatic heterocycles. The van der Waals surface area contributed by atoms with Crippen LogP contribution in [0.4, 0.5) is 5.69 Å². The van der Waals surface area contributed by atoms with Crippen molar-refractivity contribution >= 4 is 39.4 Å². The number of carboxylic acids is 1. The van der Waals surface area contributed by atoms with Gasteiger partial charge in [0.2, 0.25) is 11.8 Å². The van der Waals surface area contributed by atoms with Crippen molar-refractivity contribution < 1.29 is 19.5 Å². The molecule has 0 radical (unpaired) electrons. The van der Waals surface area contributed by atoms with Gasteiger partial charge in [0.1, 0.15) is 0 Å². The average molecular weight is 423 g/mol. The van der Waals surface area contributed by atoms with Crippen LogP contribution in [-0.2, 0) is 14.4 Å². The van der Waals surface area contributed by atoms with Gasteiger partial charge in [0, 0.05) is 29.2 Å². The van der Waals surface area contributed by atoms with Gasteiger partial charge in [-0.1, -0.05) is 15.9 Å². The number of halogens is 1. The molecule has 140 valence electrons. The SMILES string of the molecule is Cc1cc(Br)ccc1N1CC(C(=O)NC2CCC(C(=O)O)CC2)CC1=O. The lowest BCUT2D eigenvalue weighted by Crippen LogP contribution is -2.42. The Bertz CT molecular complexity index is 728. The number of carbonyl (C=O) groups excluding carboxylic acids is 2. The second-order valence-electron chi connectivity index (χ2n) is 7.23. The Kier molecular flexibility index (Phi) is 5.65. The van der Waals surface area contributed by atoms with Gasteiger partial charge in [-0.2, -0.15) is 0 Å². The molecule has 2 aliphatic rings. The number of aliphatic carboxylic acids is 1. The van der Waals surface area contributed by atoms with Crippen LogP contribution in [0.25, 0.3) is 0 Å². The first-order chi connectivity index (χ1) is 12.3. The smallest absolute Gasteiger partial charge is 0.306 e. The molecule has 2 amide bonds. The molecular weight excluding hydrogens is 400 g/mol. The quantitative estimate of drug-likeness (QED) is 0.780. The summed E-state index contributed by atoms with van der Waals surface area (Å²) in [6.07, 6.45) is 2.76. The zero-order chi connectivity index (χ0) is 18.8. The van der Waals surface area contributed by atoms with Gasteiger partial charge in [0.05, 0.1) is 11.8 Å². The number of benzene rings is 1. The molecule has 6 nitrogen and oxygen atoms in total. The summed E-state index contributed by atoms with van der Waals surface area (Å²) in [7, 11) is 0. The Morgan fingerprint density at radius 3 is 2.50 bits per heavy atom. The van der Waals surface area contributed by atoms with E-state index in [1.807, 2.05) is 25.1 Å². The third-order valence-electron chi connectivity index (χ3n) is 5.37. The molecule has 26 heavy (non-hydrogen) atoms. The van der Waals surface area contributed by atoms with Crippen molar-refractivity contribution in [3.63, 3.8) is 0 Å². The first kappa shape index (κ1) is 18.9. The molecule has 1 saturated carbocycles. The van der Waals surface area contributed by atoms with E-state index < -0.39 is 5.97 Å². The molecule has 1 heterocycles. The summed E-state index contributed by atoms with van der Waals surface area (Å²) in [4.78, 5) is 37.7. The Labute approximate surface area is 161 Å². The lowest BCUT2D eigenvalue weighted by molar-refractivity contribution is -0.142. The maximum absolute atomic E-state index is 12.6. The number of carbonyl (C=O) groups is 3. The van der Waals surface area contributed by atoms with Gasteiger partial charge < -0.3 is 15.3 Å². The van der Waals surface area contributed by atoms with Crippen molar-refractivity contribution in [2.24, 2.45) is 11.8 Å². The van der Waals surface area contributed by atoms with Crippen LogP contribution in [0, 0.1) is 18.8 Å². The van der Waals surface area contributed by atoms with E-state index in [9.17, 15) is 14.4 Å². The van der Waals surface area contributed by atoms with Crippen molar-refractivity contribution in [3.8, 4) is 0 Å². The summed E-state index contributed by atoms with van der Waals surface area (Å²) in [5.41, 5.74) is 1.83. The number of carboxylic acid groups (broad SMARTS) is 1. The van der Waals surface area contributed by atoms with Crippen LogP contribution >= 0.6 is 15.9 Å². The highest BCUT2D eigenvalue weighted by Gasteiger charge is 2.37. The minimum absolute atomic E-state index is 0.0108. The van der Waals surface area contributed by atoms with E-state index in [4.69, 9.17) is 5.11 Å². The van der Waals surface area contributed by atoms with Gasteiger partial charge in [0.25, 0.3) is 0 Å². The summed E-state index contributed by atoms with van der Waals surface area (Å²) in [6.45, 7) is 2.33. The van der Waals surface area contributed by atoms with Gasteiger partial charge in [-0.05, 0) is 56.4 Å². The van der Waals surface area contributed by atoms with Crippen molar-refractivity contribution in [1.82, 2.24) is 5.32 Å². The molecule has 0 bridgehead atoms. The summed E-state index contributed by atoms with van der Waals surface area (Å²) in [6, 6.07) is 5.75. The standard InChI is InChI=1S/C19H23BrN2O4/c1-11-8-14(20)4-7-16(11)22-10-13(9-17(22)23)18(24)21-15-5-2-12(3-6-15)19(25)26/h4,7-8,12-13,15H,2-3,5-6,9-10H2,1H3,(H,21,24)(H,25,26). The molecule has 1 unspecified atom stereocenters. The second-order valence-corrected chi connectivity index (χ2v) is 8.15. The molecule has 2 N–H and O–H groups in total. The minimum atomic E-state index is -0.753. The fraction of sp³-hybridized carbons (Fsp3) is 0.526. The van der Waals surface area contributed by atoms with Crippen LogP contribution in [0.3, 0.4) is 0 Å². The molecule has 1 saturated heterocycles. The normalized spacial score (nSPS) is 26.0. The number of anilines is 1. The third kappa shape index (κ3) is 4.09. The number of hydrogen-bond acceptors (Lipinski definition) is 3. The first-order valence-corrected chi connectivity index (χ1v) is 9.74. The minimum Gasteiger partial charge on any atom is -0.481 e. The topological polar surface area (TPSA) is 86.7 Å². The van der Waals surface area contributed by atoms with Crippen molar-refractivity contribution in [3.05, 3.63) is 28.2 Å². The van der Waals surface area contributed by atoms with E-state index in [2.05, 4.69) is 21.2 Å². The second kappa shape index (κ2) is 7.78. The number of nitrogens with zero attached hydrogens (tertiary/aromatic N) is 1. The van der Waals surface area contributed by atoms with Gasteiger partial charge in [-0.3, -0.25) is 14.4 Å². The summed E-state index contributed by atoms with van der Waals surface area (Å²) in [5, 5.41) is 12.1. The van der Waals surface area contributed by atoms with Crippen LogP contribution < -0.4 is 10.2 Å². The maximum atomic E-state index is 12.6. The molecule has 2 fully saturated rings. The Balaban J connectivity index is 1.58. The Morgan fingerprint density at radius 2 is 1.88 bits per heavy atom. The largest absolute Gasteiger partial charge is 0.481 e. The predicted octanol–water partition coefficient (Wildman–Crippen LogP) is 2.87. The van der Waals surface area contributed by atoms with Gasteiger partial charge >= 0.3 is 5.97 Å². The summed E-state index contributed by atoms with van der Waals surface area (Å²) >= 11 is 3.42. The number of nitrogens with one attached hydrogen (secondary N) is 1. The highest BCUT2D eigenvalue weighted by atomic mass is 79.9. The molecule has 1 atom stereocenters. The van der Waals surface area contributed by atoms with Crippen molar-refractivity contribution in [2.75, 3.05) is 11.4 Å². The molecule has 1 aliphatic carbocycles. The monoisotopic (exact) mass is 422 g/mol. The van der Waals surface area contributed by atoms with E-state index in [1.165, 1.54) is 0 Å².